The van der Waals surface area contributed by atoms with Crippen molar-refractivity contribution in [3.8, 4) is 0 Å². The molecule has 520 valence electrons. The molecule has 0 bridgehead atoms. The van der Waals surface area contributed by atoms with Gasteiger partial charge in [-0.1, -0.05) is 270 Å². The van der Waals surface area contributed by atoms with Gasteiger partial charge in [0.05, 0.1) is 32.0 Å². The van der Waals surface area contributed by atoms with Crippen LogP contribution in [0.4, 0.5) is 0 Å². The molecule has 0 saturated carbocycles. The summed E-state index contributed by atoms with van der Waals surface area (Å²) in [5, 5.41) is 87.4. The van der Waals surface area contributed by atoms with Gasteiger partial charge in [-0.3, -0.25) is 4.79 Å². The molecule has 0 aromatic rings. The lowest BCUT2D eigenvalue weighted by atomic mass is 9.97. The fraction of sp³-hybridized carbons (Fsp3) is 0.701. The van der Waals surface area contributed by atoms with Gasteiger partial charge in [-0.15, -0.1) is 0 Å². The number of hydrogen-bond donors (Lipinski definition) is 9. The summed E-state index contributed by atoms with van der Waals surface area (Å²) in [6.45, 7) is 2.66. The largest absolute Gasteiger partial charge is 0.394 e. The standard InChI is InChI=1S/C77H129NO13/c1-3-5-7-9-11-13-15-17-19-21-23-25-26-27-28-29-30-31-32-33-34-35-36-37-38-39-40-41-43-45-47-49-51-53-55-57-59-61-69(82)78-65(66(81)60-58-56-54-52-50-48-46-44-42-24-22-20-18-16-14-12-10-8-6-4-2)64-88-76-74(87)72(85)75(68(63-80)90-76)91-77-73(86)71(84)70(83)67(62-79)89-77/h5,7,11,13,17,19,23,25,27-28,30-31,33-34,36-37,42,44,50,52,58,60,65-68,70-77,79-81,83-87H,3-4,6,8-10,12,14-16,18,20-22,24,26,29,32,35,38-41,43,45-49,51,53-57,59,61-64H2,1-2H3,(H,78,82)/b7-5-,13-11-,19-17-,25-23-,28-27-,31-30-,34-33-,37-36-,44-42+,52-50+,60-58+. The first-order valence-electron chi connectivity index (χ1n) is 35.9. The van der Waals surface area contributed by atoms with Crippen molar-refractivity contribution in [1.29, 1.82) is 0 Å². The Morgan fingerprint density at radius 3 is 1.21 bits per heavy atom. The molecule has 9 N–H and O–H groups in total. The third-order valence-corrected chi connectivity index (χ3v) is 16.5. The van der Waals surface area contributed by atoms with E-state index in [2.05, 4.69) is 141 Å². The zero-order valence-corrected chi connectivity index (χ0v) is 56.5. The molecule has 0 aliphatic carbocycles. The molecule has 91 heavy (non-hydrogen) atoms. The van der Waals surface area contributed by atoms with E-state index in [-0.39, 0.29) is 18.9 Å². The Balaban J connectivity index is 1.66. The molecule has 12 unspecified atom stereocenters. The van der Waals surface area contributed by atoms with Crippen LogP contribution in [0.2, 0.25) is 0 Å². The normalized spacial score (nSPS) is 23.6. The zero-order valence-electron chi connectivity index (χ0n) is 56.5. The highest BCUT2D eigenvalue weighted by Gasteiger charge is 2.51. The third-order valence-electron chi connectivity index (χ3n) is 16.5. The molecule has 0 aromatic heterocycles. The van der Waals surface area contributed by atoms with Crippen LogP contribution >= 0.6 is 0 Å². The summed E-state index contributed by atoms with van der Waals surface area (Å²) in [5.41, 5.74) is 0. The monoisotopic (exact) mass is 1280 g/mol. The highest BCUT2D eigenvalue weighted by Crippen LogP contribution is 2.30. The molecule has 2 aliphatic heterocycles. The summed E-state index contributed by atoms with van der Waals surface area (Å²) < 4.78 is 22.8. The Morgan fingerprint density at radius 1 is 0.407 bits per heavy atom. The number of aliphatic hydroxyl groups excluding tert-OH is 8. The second-order valence-electron chi connectivity index (χ2n) is 24.6. The van der Waals surface area contributed by atoms with E-state index in [9.17, 15) is 45.6 Å². The number of carbonyl (C=O) groups excluding carboxylic acids is 1. The van der Waals surface area contributed by atoms with Crippen molar-refractivity contribution < 1.29 is 64.6 Å². The van der Waals surface area contributed by atoms with Crippen LogP contribution in [0, 0.1) is 0 Å². The average Bonchev–Trinajstić information content (AvgIpc) is 1.04. The van der Waals surface area contributed by atoms with Crippen molar-refractivity contribution in [2.75, 3.05) is 19.8 Å². The minimum atomic E-state index is -1.80. The second kappa shape index (κ2) is 59.8. The smallest absolute Gasteiger partial charge is 0.220 e. The zero-order chi connectivity index (χ0) is 65.9. The van der Waals surface area contributed by atoms with Gasteiger partial charge in [0.15, 0.2) is 12.6 Å². The number of rotatable bonds is 57. The summed E-state index contributed by atoms with van der Waals surface area (Å²) in [4.78, 5) is 13.3. The van der Waals surface area contributed by atoms with E-state index < -0.39 is 86.8 Å². The van der Waals surface area contributed by atoms with Crippen LogP contribution in [-0.2, 0) is 23.7 Å². The predicted molar refractivity (Wildman–Crippen MR) is 373 cm³/mol. The van der Waals surface area contributed by atoms with Gasteiger partial charge in [-0.05, 0) is 109 Å². The Kier molecular flexibility index (Phi) is 54.7. The molecule has 14 nitrogen and oxygen atoms in total. The lowest BCUT2D eigenvalue weighted by Gasteiger charge is -2.46. The lowest BCUT2D eigenvalue weighted by Crippen LogP contribution is -2.65. The first-order chi connectivity index (χ1) is 44.6. The Hall–Kier alpha value is -3.87. The molecule has 0 spiro atoms. The first-order valence-corrected chi connectivity index (χ1v) is 35.9. The van der Waals surface area contributed by atoms with E-state index in [1.807, 2.05) is 6.08 Å². The quantitative estimate of drug-likeness (QED) is 0.0204. The van der Waals surface area contributed by atoms with Gasteiger partial charge in [-0.2, -0.15) is 0 Å². The number of unbranched alkanes of at least 4 members (excludes halogenated alkanes) is 24. The van der Waals surface area contributed by atoms with Crippen LogP contribution in [0.5, 0.6) is 0 Å². The summed E-state index contributed by atoms with van der Waals surface area (Å²) >= 11 is 0. The van der Waals surface area contributed by atoms with Gasteiger partial charge in [0.25, 0.3) is 0 Å². The number of amides is 1. The van der Waals surface area contributed by atoms with E-state index in [1.165, 1.54) is 116 Å². The molecule has 2 rings (SSSR count). The van der Waals surface area contributed by atoms with Crippen molar-refractivity contribution in [3.63, 3.8) is 0 Å². The second-order valence-corrected chi connectivity index (χ2v) is 24.6. The van der Waals surface area contributed by atoms with Gasteiger partial charge in [0, 0.05) is 6.42 Å². The van der Waals surface area contributed by atoms with E-state index in [1.54, 1.807) is 6.08 Å². The van der Waals surface area contributed by atoms with Crippen LogP contribution in [-0.4, -0.2) is 140 Å². The number of nitrogens with one attached hydrogen (secondary N) is 1. The van der Waals surface area contributed by atoms with E-state index in [0.717, 1.165) is 103 Å². The predicted octanol–water partition coefficient (Wildman–Crippen LogP) is 15.1. The summed E-state index contributed by atoms with van der Waals surface area (Å²) in [6, 6.07) is -0.949. The summed E-state index contributed by atoms with van der Waals surface area (Å²) in [6.07, 6.45) is 72.2. The third kappa shape index (κ3) is 43.7. The molecule has 2 fully saturated rings. The minimum Gasteiger partial charge on any atom is -0.394 e. The van der Waals surface area contributed by atoms with Crippen molar-refractivity contribution in [1.82, 2.24) is 5.32 Å². The number of hydrogen-bond acceptors (Lipinski definition) is 13. The Morgan fingerprint density at radius 2 is 0.769 bits per heavy atom. The Labute approximate surface area is 551 Å². The summed E-state index contributed by atoms with van der Waals surface area (Å²) in [5.74, 6) is -0.260. The minimum absolute atomic E-state index is 0.260. The van der Waals surface area contributed by atoms with Crippen LogP contribution < -0.4 is 5.32 Å². The maximum absolute atomic E-state index is 13.3. The number of ether oxygens (including phenoxy) is 4. The fourth-order valence-electron chi connectivity index (χ4n) is 10.9. The summed E-state index contributed by atoms with van der Waals surface area (Å²) in [7, 11) is 0. The van der Waals surface area contributed by atoms with Crippen molar-refractivity contribution >= 4 is 5.91 Å². The van der Waals surface area contributed by atoms with Gasteiger partial charge in [0.1, 0.15) is 48.8 Å². The molecule has 0 radical (unpaired) electrons. The van der Waals surface area contributed by atoms with E-state index in [4.69, 9.17) is 18.9 Å². The average molecular weight is 1280 g/mol. The number of allylic oxidation sites excluding steroid dienone is 21. The molecular weight excluding hydrogens is 1150 g/mol. The first kappa shape index (κ1) is 83.2. The molecule has 2 saturated heterocycles. The highest BCUT2D eigenvalue weighted by atomic mass is 16.7. The van der Waals surface area contributed by atoms with Gasteiger partial charge in [-0.25, -0.2) is 0 Å². The molecule has 0 aromatic carbocycles. The van der Waals surface area contributed by atoms with Crippen molar-refractivity contribution in [2.24, 2.45) is 0 Å². The van der Waals surface area contributed by atoms with Crippen molar-refractivity contribution in [2.45, 2.75) is 325 Å². The van der Waals surface area contributed by atoms with Crippen LogP contribution in [0.1, 0.15) is 251 Å². The molecular formula is C77H129NO13. The number of aliphatic hydroxyl groups is 8. The molecule has 14 heteroatoms. The molecule has 2 aliphatic rings. The molecule has 12 atom stereocenters. The highest BCUT2D eigenvalue weighted by molar-refractivity contribution is 5.76. The van der Waals surface area contributed by atoms with Gasteiger partial charge >= 0.3 is 0 Å². The van der Waals surface area contributed by atoms with Crippen LogP contribution in [0.3, 0.4) is 0 Å². The SMILES string of the molecule is CC/C=C\C/C=C\C/C=C\C/C=C\C/C=C\C/C=C\C/C=C\C/C=C\CCCCCCCCCCCCCCC(=O)NC(COC1OC(CO)C(OC2OC(CO)C(O)C(O)C2O)C(O)C1O)C(O)/C=C/CC/C=C/CC/C=C/CCCCCCCCCCCC. The topological polar surface area (TPSA) is 228 Å². The van der Waals surface area contributed by atoms with Crippen molar-refractivity contribution in [3.05, 3.63) is 134 Å². The van der Waals surface area contributed by atoms with E-state index in [0.29, 0.717) is 12.8 Å². The van der Waals surface area contributed by atoms with E-state index >= 15 is 0 Å². The molecule has 1 amide bonds. The Bertz CT molecular complexity index is 2040. The number of carbonyl (C=O) groups is 1. The van der Waals surface area contributed by atoms with Crippen LogP contribution in [0.25, 0.3) is 0 Å². The molecule has 2 heterocycles. The van der Waals surface area contributed by atoms with Gasteiger partial charge < -0.3 is 65.1 Å². The lowest BCUT2D eigenvalue weighted by molar-refractivity contribution is -0.359. The fourth-order valence-corrected chi connectivity index (χ4v) is 10.9. The van der Waals surface area contributed by atoms with Crippen LogP contribution in [0.15, 0.2) is 134 Å². The maximum Gasteiger partial charge on any atom is 0.220 e. The maximum atomic E-state index is 13.3. The van der Waals surface area contributed by atoms with Gasteiger partial charge in [0.2, 0.25) is 5.91 Å².